The van der Waals surface area contributed by atoms with E-state index in [2.05, 4.69) is 13.0 Å². The highest BCUT2D eigenvalue weighted by Gasteiger charge is 2.21. The molecule has 0 aliphatic heterocycles. The van der Waals surface area contributed by atoms with Crippen molar-refractivity contribution in [1.82, 2.24) is 4.90 Å². The van der Waals surface area contributed by atoms with Crippen molar-refractivity contribution in [2.45, 2.75) is 33.2 Å². The van der Waals surface area contributed by atoms with Gasteiger partial charge in [0.15, 0.2) is 0 Å². The van der Waals surface area contributed by atoms with Crippen LogP contribution in [0.2, 0.25) is 0 Å². The number of carbonyl (C=O) groups excluding carboxylic acids is 1. The van der Waals surface area contributed by atoms with Crippen LogP contribution in [0.1, 0.15) is 31.6 Å². The van der Waals surface area contributed by atoms with E-state index in [1.54, 1.807) is 11.3 Å². The summed E-state index contributed by atoms with van der Waals surface area (Å²) in [6, 6.07) is 4.09. The molecule has 96 valence electrons. The minimum Gasteiger partial charge on any atom is -0.338 e. The molecule has 0 fully saturated rings. The summed E-state index contributed by atoms with van der Waals surface area (Å²) < 4.78 is 0. The zero-order valence-electron chi connectivity index (χ0n) is 10.7. The van der Waals surface area contributed by atoms with Crippen molar-refractivity contribution in [2.75, 3.05) is 13.1 Å². The van der Waals surface area contributed by atoms with E-state index in [9.17, 15) is 4.79 Å². The third-order valence-corrected chi connectivity index (χ3v) is 3.75. The molecule has 1 rings (SSSR count). The van der Waals surface area contributed by atoms with Crippen LogP contribution in [0.25, 0.3) is 0 Å². The van der Waals surface area contributed by atoms with Gasteiger partial charge in [-0.3, -0.25) is 4.79 Å². The number of hydrogen-bond donors (Lipinski definition) is 1. The molecule has 1 unspecified atom stereocenters. The highest BCUT2D eigenvalue weighted by atomic mass is 32.1. The van der Waals surface area contributed by atoms with Crippen LogP contribution < -0.4 is 5.73 Å². The van der Waals surface area contributed by atoms with Gasteiger partial charge in [-0.05, 0) is 24.8 Å². The van der Waals surface area contributed by atoms with E-state index in [0.717, 1.165) is 19.4 Å². The lowest BCUT2D eigenvalue weighted by molar-refractivity contribution is -0.135. The smallest absolute Gasteiger partial charge is 0.227 e. The average Bonchev–Trinajstić information content (AvgIpc) is 2.85. The summed E-state index contributed by atoms with van der Waals surface area (Å²) in [6.07, 6.45) is 1.89. The van der Waals surface area contributed by atoms with Gasteiger partial charge in [0.2, 0.25) is 5.91 Å². The number of rotatable bonds is 7. The summed E-state index contributed by atoms with van der Waals surface area (Å²) in [5.41, 5.74) is 5.68. The molecule has 0 aliphatic carbocycles. The van der Waals surface area contributed by atoms with Crippen molar-refractivity contribution in [2.24, 2.45) is 11.7 Å². The van der Waals surface area contributed by atoms with Crippen molar-refractivity contribution in [1.29, 1.82) is 0 Å². The second-order valence-electron chi connectivity index (χ2n) is 4.15. The SMILES string of the molecule is CCCC(CN)C(=O)N(CC)Cc1cccs1. The van der Waals surface area contributed by atoms with Gasteiger partial charge in [0.1, 0.15) is 0 Å². The maximum Gasteiger partial charge on any atom is 0.227 e. The Labute approximate surface area is 108 Å². The highest BCUT2D eigenvalue weighted by Crippen LogP contribution is 2.15. The lowest BCUT2D eigenvalue weighted by Gasteiger charge is -2.25. The lowest BCUT2D eigenvalue weighted by Crippen LogP contribution is -2.38. The minimum absolute atomic E-state index is 0.0140. The third-order valence-electron chi connectivity index (χ3n) is 2.89. The molecular weight excluding hydrogens is 232 g/mol. The van der Waals surface area contributed by atoms with Gasteiger partial charge in [-0.15, -0.1) is 11.3 Å². The quantitative estimate of drug-likeness (QED) is 0.812. The van der Waals surface area contributed by atoms with Crippen LogP contribution in [0.4, 0.5) is 0 Å². The normalized spacial score (nSPS) is 12.4. The van der Waals surface area contributed by atoms with Crippen LogP contribution in [0.15, 0.2) is 17.5 Å². The Morgan fingerprint density at radius 3 is 2.76 bits per heavy atom. The van der Waals surface area contributed by atoms with Crippen molar-refractivity contribution in [3.8, 4) is 0 Å². The molecule has 2 N–H and O–H groups in total. The summed E-state index contributed by atoms with van der Waals surface area (Å²) in [6.45, 7) is 6.02. The summed E-state index contributed by atoms with van der Waals surface area (Å²) in [7, 11) is 0. The molecule has 0 spiro atoms. The molecule has 1 aromatic heterocycles. The Morgan fingerprint density at radius 1 is 1.53 bits per heavy atom. The average molecular weight is 254 g/mol. The molecule has 0 saturated carbocycles. The molecule has 0 bridgehead atoms. The maximum atomic E-state index is 12.3. The van der Waals surface area contributed by atoms with E-state index in [1.807, 2.05) is 23.3 Å². The number of carbonyl (C=O) groups is 1. The van der Waals surface area contributed by atoms with Gasteiger partial charge in [0.25, 0.3) is 0 Å². The first-order chi connectivity index (χ1) is 8.22. The largest absolute Gasteiger partial charge is 0.338 e. The third kappa shape index (κ3) is 4.13. The van der Waals surface area contributed by atoms with Crippen LogP contribution in [0.3, 0.4) is 0 Å². The predicted molar refractivity (Wildman–Crippen MR) is 72.9 cm³/mol. The van der Waals surface area contributed by atoms with Gasteiger partial charge >= 0.3 is 0 Å². The van der Waals surface area contributed by atoms with E-state index in [0.29, 0.717) is 13.1 Å². The van der Waals surface area contributed by atoms with Gasteiger partial charge < -0.3 is 10.6 Å². The van der Waals surface area contributed by atoms with Crippen LogP contribution >= 0.6 is 11.3 Å². The zero-order valence-corrected chi connectivity index (χ0v) is 11.5. The molecule has 1 aromatic rings. The maximum absolute atomic E-state index is 12.3. The highest BCUT2D eigenvalue weighted by molar-refractivity contribution is 7.09. The van der Waals surface area contributed by atoms with E-state index >= 15 is 0 Å². The monoisotopic (exact) mass is 254 g/mol. The van der Waals surface area contributed by atoms with Crippen molar-refractivity contribution in [3.63, 3.8) is 0 Å². The predicted octanol–water partition coefficient (Wildman–Crippen LogP) is 2.47. The van der Waals surface area contributed by atoms with Gasteiger partial charge in [-0.2, -0.15) is 0 Å². The number of nitrogens with two attached hydrogens (primary N) is 1. The first-order valence-corrected chi connectivity index (χ1v) is 7.12. The summed E-state index contributed by atoms with van der Waals surface area (Å²) in [4.78, 5) is 15.4. The number of hydrogen-bond acceptors (Lipinski definition) is 3. The fourth-order valence-electron chi connectivity index (χ4n) is 1.89. The number of thiophene rings is 1. The fourth-order valence-corrected chi connectivity index (χ4v) is 2.60. The Kier molecular flexibility index (Phi) is 6.22. The van der Waals surface area contributed by atoms with Crippen molar-refractivity contribution in [3.05, 3.63) is 22.4 Å². The second-order valence-corrected chi connectivity index (χ2v) is 5.19. The van der Waals surface area contributed by atoms with Crippen LogP contribution in [0, 0.1) is 5.92 Å². The standard InChI is InChI=1S/C13H22N2OS/c1-3-6-11(9-14)13(16)15(4-2)10-12-7-5-8-17-12/h5,7-8,11H,3-4,6,9-10,14H2,1-2H3. The van der Waals surface area contributed by atoms with Gasteiger partial charge in [-0.1, -0.05) is 19.4 Å². The molecule has 0 aliphatic rings. The number of nitrogens with zero attached hydrogens (tertiary/aromatic N) is 1. The molecular formula is C13H22N2OS. The molecule has 1 heterocycles. The summed E-state index contributed by atoms with van der Waals surface area (Å²) >= 11 is 1.69. The van der Waals surface area contributed by atoms with Crippen molar-refractivity contribution < 1.29 is 4.79 Å². The van der Waals surface area contributed by atoms with E-state index in [1.165, 1.54) is 4.88 Å². The Hall–Kier alpha value is -0.870. The molecule has 4 heteroatoms. The molecule has 0 saturated heterocycles. The van der Waals surface area contributed by atoms with Crippen LogP contribution in [0.5, 0.6) is 0 Å². The van der Waals surface area contributed by atoms with Crippen molar-refractivity contribution >= 4 is 17.2 Å². The molecule has 17 heavy (non-hydrogen) atoms. The topological polar surface area (TPSA) is 46.3 Å². The van der Waals surface area contributed by atoms with E-state index in [-0.39, 0.29) is 11.8 Å². The fraction of sp³-hybridized carbons (Fsp3) is 0.615. The van der Waals surface area contributed by atoms with Gasteiger partial charge in [0, 0.05) is 18.0 Å². The molecule has 3 nitrogen and oxygen atoms in total. The first-order valence-electron chi connectivity index (χ1n) is 6.24. The summed E-state index contributed by atoms with van der Waals surface area (Å²) in [5.74, 6) is 0.185. The minimum atomic E-state index is -0.0140. The Morgan fingerprint density at radius 2 is 2.29 bits per heavy atom. The van der Waals surface area contributed by atoms with E-state index in [4.69, 9.17) is 5.73 Å². The zero-order chi connectivity index (χ0) is 12.7. The van der Waals surface area contributed by atoms with E-state index < -0.39 is 0 Å². The molecule has 1 amide bonds. The second kappa shape index (κ2) is 7.45. The first kappa shape index (κ1) is 14.2. The van der Waals surface area contributed by atoms with Gasteiger partial charge in [0.05, 0.1) is 12.5 Å². The molecule has 0 aromatic carbocycles. The molecule has 0 radical (unpaired) electrons. The van der Waals surface area contributed by atoms with Crippen LogP contribution in [-0.4, -0.2) is 23.9 Å². The lowest BCUT2D eigenvalue weighted by atomic mass is 10.0. The van der Waals surface area contributed by atoms with Gasteiger partial charge in [-0.25, -0.2) is 0 Å². The van der Waals surface area contributed by atoms with Crippen LogP contribution in [-0.2, 0) is 11.3 Å². The molecule has 1 atom stereocenters. The Bertz CT molecular complexity index is 324. The summed E-state index contributed by atoms with van der Waals surface area (Å²) in [5, 5.41) is 2.04. The Balaban J connectivity index is 2.62. The number of amides is 1.